The van der Waals surface area contributed by atoms with Gasteiger partial charge in [-0.1, -0.05) is 13.2 Å². The summed E-state index contributed by atoms with van der Waals surface area (Å²) >= 11 is 0. The summed E-state index contributed by atoms with van der Waals surface area (Å²) in [4.78, 5) is 55.9. The van der Waals surface area contributed by atoms with E-state index in [1.54, 1.807) is 6.92 Å². The number of hydrogen-bond acceptors (Lipinski definition) is 12. The minimum Gasteiger partial charge on any atom is -0.462 e. The van der Waals surface area contributed by atoms with Crippen LogP contribution >= 0.6 is 0 Å². The third-order valence-electron chi connectivity index (χ3n) is 4.36. The summed E-state index contributed by atoms with van der Waals surface area (Å²) in [5.74, 6) is -3.13. The molecule has 0 saturated carbocycles. The summed E-state index contributed by atoms with van der Waals surface area (Å²) in [5.41, 5.74) is 0.670. The van der Waals surface area contributed by atoms with E-state index in [0.29, 0.717) is 25.4 Å². The summed E-state index contributed by atoms with van der Waals surface area (Å²) in [7, 11) is -5.91. The van der Waals surface area contributed by atoms with Gasteiger partial charge in [0.2, 0.25) is 0 Å². The van der Waals surface area contributed by atoms with Gasteiger partial charge in [0, 0.05) is 45.1 Å². The standard InChI is InChI=1S/C13H20O8Si.C12H24O4Si/c1-9(2)13(17)18-7-6-8-22(19-10(3)14,20-11(4)15)21-12(5)16;1-6-15-17(5,16-7-2)10-8-9-14-12(13)11(3)4/h1,6-8H2,2-5H3;3,6-10H2,1-2,4-5H3. The molecular weight excluding hydrogens is 548 g/mol. The van der Waals surface area contributed by atoms with Crippen molar-refractivity contribution in [2.45, 2.75) is 79.9 Å². The molecule has 0 aliphatic carbocycles. The van der Waals surface area contributed by atoms with E-state index in [4.69, 9.17) is 31.6 Å². The third-order valence-corrected chi connectivity index (χ3v) is 10.2. The number of carbonyl (C=O) groups is 5. The van der Waals surface area contributed by atoms with Gasteiger partial charge in [-0.2, -0.15) is 0 Å². The first-order chi connectivity index (χ1) is 18.0. The first-order valence-electron chi connectivity index (χ1n) is 12.5. The topological polar surface area (TPSA) is 150 Å². The van der Waals surface area contributed by atoms with Crippen molar-refractivity contribution in [3.8, 4) is 0 Å². The van der Waals surface area contributed by atoms with E-state index in [0.717, 1.165) is 33.2 Å². The van der Waals surface area contributed by atoms with Gasteiger partial charge in [0.1, 0.15) is 0 Å². The minimum absolute atomic E-state index is 0.0236. The van der Waals surface area contributed by atoms with E-state index in [1.165, 1.54) is 6.92 Å². The zero-order valence-electron chi connectivity index (χ0n) is 24.5. The lowest BCUT2D eigenvalue weighted by atomic mass is 10.4. The molecule has 12 nitrogen and oxygen atoms in total. The van der Waals surface area contributed by atoms with E-state index in [2.05, 4.69) is 13.2 Å². The van der Waals surface area contributed by atoms with Gasteiger partial charge in [-0.15, -0.1) is 0 Å². The van der Waals surface area contributed by atoms with Crippen LogP contribution in [0.1, 0.15) is 61.3 Å². The molecule has 14 heteroatoms. The van der Waals surface area contributed by atoms with Crippen molar-refractivity contribution in [3.05, 3.63) is 24.3 Å². The van der Waals surface area contributed by atoms with Gasteiger partial charge in [0.25, 0.3) is 17.9 Å². The Morgan fingerprint density at radius 2 is 0.949 bits per heavy atom. The second-order valence-corrected chi connectivity index (χ2v) is 14.3. The maximum atomic E-state index is 11.2. The van der Waals surface area contributed by atoms with Crippen molar-refractivity contribution in [1.82, 2.24) is 0 Å². The molecule has 0 heterocycles. The van der Waals surface area contributed by atoms with Gasteiger partial charge < -0.3 is 31.6 Å². The number of ether oxygens (including phenoxy) is 2. The monoisotopic (exact) mass is 592 g/mol. The first-order valence-corrected chi connectivity index (χ1v) is 17.0. The van der Waals surface area contributed by atoms with Crippen molar-refractivity contribution in [3.63, 3.8) is 0 Å². The smallest absolute Gasteiger partial charge is 0.462 e. The van der Waals surface area contributed by atoms with Crippen molar-refractivity contribution < 1.29 is 55.6 Å². The Kier molecular flexibility index (Phi) is 19.8. The van der Waals surface area contributed by atoms with Crippen molar-refractivity contribution in [2.24, 2.45) is 0 Å². The Morgan fingerprint density at radius 3 is 1.23 bits per heavy atom. The summed E-state index contributed by atoms with van der Waals surface area (Å²) in [6.45, 7) is 21.1. The van der Waals surface area contributed by atoms with Gasteiger partial charge in [0.05, 0.1) is 19.3 Å². The molecule has 0 aromatic carbocycles. The van der Waals surface area contributed by atoms with Crippen LogP contribution in [0.2, 0.25) is 18.6 Å². The van der Waals surface area contributed by atoms with Gasteiger partial charge in [-0.3, -0.25) is 14.4 Å². The maximum Gasteiger partial charge on any atom is 0.705 e. The molecule has 0 bridgehead atoms. The zero-order valence-corrected chi connectivity index (χ0v) is 26.5. The number of esters is 2. The van der Waals surface area contributed by atoms with E-state index in [1.807, 2.05) is 20.4 Å². The maximum absolute atomic E-state index is 11.2. The molecule has 0 aromatic heterocycles. The minimum atomic E-state index is -3.85. The molecule has 0 fully saturated rings. The van der Waals surface area contributed by atoms with Crippen LogP contribution in [0.25, 0.3) is 0 Å². The molecule has 0 N–H and O–H groups in total. The molecule has 0 radical (unpaired) electrons. The fourth-order valence-corrected chi connectivity index (χ4v) is 7.63. The Hall–Kier alpha value is -2.82. The Labute approximate surface area is 233 Å². The molecule has 0 spiro atoms. The number of rotatable bonds is 17. The van der Waals surface area contributed by atoms with Gasteiger partial charge in [-0.25, -0.2) is 9.59 Å². The molecule has 0 amide bonds. The average molecular weight is 593 g/mol. The summed E-state index contributed by atoms with van der Waals surface area (Å²) in [6.07, 6.45) is 0.945. The van der Waals surface area contributed by atoms with Gasteiger partial charge >= 0.3 is 29.3 Å². The predicted octanol–water partition coefficient (Wildman–Crippen LogP) is 3.76. The summed E-state index contributed by atoms with van der Waals surface area (Å²) < 4.78 is 36.2. The van der Waals surface area contributed by atoms with E-state index < -0.39 is 41.2 Å². The zero-order chi connectivity index (χ0) is 30.6. The normalized spacial score (nSPS) is 10.8. The lowest BCUT2D eigenvalue weighted by molar-refractivity contribution is -0.148. The predicted molar refractivity (Wildman–Crippen MR) is 146 cm³/mol. The fraction of sp³-hybridized carbons (Fsp3) is 0.640. The van der Waals surface area contributed by atoms with E-state index in [-0.39, 0.29) is 30.6 Å². The Bertz CT molecular complexity index is 809. The lowest BCUT2D eigenvalue weighted by Crippen LogP contribution is -2.49. The average Bonchev–Trinajstić information content (AvgIpc) is 2.78. The third kappa shape index (κ3) is 19.8. The number of hydrogen-bond donors (Lipinski definition) is 0. The fourth-order valence-electron chi connectivity index (χ4n) is 2.93. The first kappa shape index (κ1) is 38.3. The van der Waals surface area contributed by atoms with Crippen LogP contribution in [0.15, 0.2) is 24.3 Å². The largest absolute Gasteiger partial charge is 0.705 e. The van der Waals surface area contributed by atoms with Crippen molar-refractivity contribution in [1.29, 1.82) is 0 Å². The second kappa shape index (κ2) is 20.1. The molecule has 0 aliphatic heterocycles. The lowest BCUT2D eigenvalue weighted by Gasteiger charge is -2.26. The highest BCUT2D eigenvalue weighted by atomic mass is 28.4. The van der Waals surface area contributed by atoms with E-state index >= 15 is 0 Å². The van der Waals surface area contributed by atoms with Crippen LogP contribution in [0.5, 0.6) is 0 Å². The van der Waals surface area contributed by atoms with Crippen LogP contribution in [-0.4, -0.2) is 73.6 Å². The second-order valence-electron chi connectivity index (χ2n) is 8.50. The van der Waals surface area contributed by atoms with Gasteiger partial charge in [-0.05, 0) is 53.1 Å². The summed E-state index contributed by atoms with van der Waals surface area (Å²) in [5, 5.41) is 0. The quantitative estimate of drug-likeness (QED) is 0.105. The molecule has 224 valence electrons. The Morgan fingerprint density at radius 1 is 0.615 bits per heavy atom. The highest BCUT2D eigenvalue weighted by Crippen LogP contribution is 2.20. The van der Waals surface area contributed by atoms with Crippen LogP contribution in [0.4, 0.5) is 0 Å². The van der Waals surface area contributed by atoms with Gasteiger partial charge in [0.15, 0.2) is 0 Å². The molecule has 0 aliphatic rings. The Balaban J connectivity index is 0. The molecule has 0 atom stereocenters. The van der Waals surface area contributed by atoms with Crippen molar-refractivity contribution >= 4 is 47.2 Å². The highest BCUT2D eigenvalue weighted by Gasteiger charge is 2.51. The van der Waals surface area contributed by atoms with Crippen LogP contribution in [-0.2, 0) is 55.6 Å². The SMILES string of the molecule is C=C(C)C(=O)OCCC[Si](C)(OCC)OCC.C=C(C)C(=O)OCCC[Si](OC(C)=O)(OC(C)=O)OC(C)=O. The van der Waals surface area contributed by atoms with Crippen LogP contribution < -0.4 is 0 Å². The molecular formula is C25H44O12Si2. The molecule has 39 heavy (non-hydrogen) atoms. The van der Waals surface area contributed by atoms with Crippen LogP contribution in [0.3, 0.4) is 0 Å². The molecule has 0 saturated heterocycles. The molecule has 0 rings (SSSR count). The van der Waals surface area contributed by atoms with E-state index in [9.17, 15) is 24.0 Å². The highest BCUT2D eigenvalue weighted by molar-refractivity contribution is 6.66. The van der Waals surface area contributed by atoms with Crippen molar-refractivity contribution in [2.75, 3.05) is 26.4 Å². The number of carbonyl (C=O) groups excluding carboxylic acids is 5. The molecule has 0 aromatic rings. The van der Waals surface area contributed by atoms with Crippen LogP contribution in [0, 0.1) is 0 Å². The summed E-state index contributed by atoms with van der Waals surface area (Å²) in [6, 6.07) is 0.785. The molecule has 0 unspecified atom stereocenters.